The van der Waals surface area contributed by atoms with Crippen molar-refractivity contribution in [1.29, 1.82) is 0 Å². The standard InChI is InChI=1S/C26H24N4O4S.CH4O/c1-16-8-9-20(35-16)22-23-21(19(34-2)15-28-22)18(14-27-23)24(31)26(33)30-12-10-29(11-13-30)25(32)17-6-4-3-5-7-17;1-2/h3-9,14-15,27H,10-13H2,1-2H3;2H,1H3. The van der Waals surface area contributed by atoms with Crippen LogP contribution in [-0.2, 0) is 4.79 Å². The number of methoxy groups -OCH3 is 1. The van der Waals surface area contributed by atoms with Crippen LogP contribution >= 0.6 is 11.3 Å². The van der Waals surface area contributed by atoms with Crippen LogP contribution in [0.15, 0.2) is 54.9 Å². The number of benzene rings is 1. The molecular formula is C27H28N4O5S. The molecule has 2 N–H and O–H groups in total. The predicted molar refractivity (Wildman–Crippen MR) is 142 cm³/mol. The summed E-state index contributed by atoms with van der Waals surface area (Å²) in [5.74, 6) is -0.857. The first-order valence-corrected chi connectivity index (χ1v) is 12.5. The number of carbonyl (C=O) groups is 3. The van der Waals surface area contributed by atoms with Crippen LogP contribution in [0.2, 0.25) is 0 Å². The van der Waals surface area contributed by atoms with E-state index in [1.54, 1.807) is 40.8 Å². The SMILES string of the molecule is CO.COc1cnc(-c2ccc(C)s2)c2[nH]cc(C(=O)C(=O)N3CCN(C(=O)c4ccccc4)CC3)c12. The minimum absolute atomic E-state index is 0.0748. The van der Waals surface area contributed by atoms with Gasteiger partial charge in [-0.2, -0.15) is 0 Å². The molecule has 2 amide bonds. The average molecular weight is 521 g/mol. The summed E-state index contributed by atoms with van der Waals surface area (Å²) in [7, 11) is 2.51. The van der Waals surface area contributed by atoms with Crippen LogP contribution in [0.1, 0.15) is 25.6 Å². The minimum Gasteiger partial charge on any atom is -0.494 e. The highest BCUT2D eigenvalue weighted by Gasteiger charge is 2.31. The number of hydrogen-bond donors (Lipinski definition) is 2. The van der Waals surface area contributed by atoms with E-state index < -0.39 is 11.7 Å². The number of amides is 2. The number of ether oxygens (including phenoxy) is 1. The lowest BCUT2D eigenvalue weighted by Gasteiger charge is -2.34. The van der Waals surface area contributed by atoms with E-state index in [9.17, 15) is 14.4 Å². The van der Waals surface area contributed by atoms with Crippen LogP contribution in [0.25, 0.3) is 21.5 Å². The highest BCUT2D eigenvalue weighted by atomic mass is 32.1. The summed E-state index contributed by atoms with van der Waals surface area (Å²) in [6.07, 6.45) is 3.13. The van der Waals surface area contributed by atoms with E-state index in [2.05, 4.69) is 9.97 Å². The van der Waals surface area contributed by atoms with Crippen LogP contribution in [0, 0.1) is 6.92 Å². The second kappa shape index (κ2) is 11.4. The monoisotopic (exact) mass is 520 g/mol. The maximum Gasteiger partial charge on any atom is 0.295 e. The molecule has 37 heavy (non-hydrogen) atoms. The first kappa shape index (κ1) is 26.1. The summed E-state index contributed by atoms with van der Waals surface area (Å²) in [5, 5.41) is 7.54. The van der Waals surface area contributed by atoms with Crippen molar-refractivity contribution in [3.63, 3.8) is 0 Å². The number of fused-ring (bicyclic) bond motifs is 1. The number of piperazine rings is 1. The van der Waals surface area contributed by atoms with Crippen molar-refractivity contribution in [3.8, 4) is 16.3 Å². The van der Waals surface area contributed by atoms with Crippen molar-refractivity contribution in [2.24, 2.45) is 0 Å². The number of aryl methyl sites for hydroxylation is 1. The Balaban J connectivity index is 0.00000156. The van der Waals surface area contributed by atoms with Gasteiger partial charge in [0.1, 0.15) is 11.4 Å². The van der Waals surface area contributed by atoms with Crippen molar-refractivity contribution < 1.29 is 24.2 Å². The Morgan fingerprint density at radius 1 is 1.00 bits per heavy atom. The quantitative estimate of drug-likeness (QED) is 0.308. The summed E-state index contributed by atoms with van der Waals surface area (Å²) in [5.41, 5.74) is 2.22. The molecule has 0 saturated carbocycles. The van der Waals surface area contributed by atoms with E-state index in [0.29, 0.717) is 54.1 Å². The molecule has 1 aliphatic rings. The van der Waals surface area contributed by atoms with Gasteiger partial charge < -0.3 is 24.6 Å². The van der Waals surface area contributed by atoms with Crippen LogP contribution in [0.3, 0.4) is 0 Å². The number of nitrogens with one attached hydrogen (secondary N) is 1. The lowest BCUT2D eigenvalue weighted by atomic mass is 10.1. The average Bonchev–Trinajstić information content (AvgIpc) is 3.60. The fourth-order valence-electron chi connectivity index (χ4n) is 4.34. The number of rotatable bonds is 5. The van der Waals surface area contributed by atoms with E-state index >= 15 is 0 Å². The van der Waals surface area contributed by atoms with E-state index in [4.69, 9.17) is 9.84 Å². The number of carbonyl (C=O) groups excluding carboxylic acids is 3. The number of aliphatic hydroxyl groups is 1. The maximum atomic E-state index is 13.3. The summed E-state index contributed by atoms with van der Waals surface area (Å²) in [4.78, 5) is 52.1. The Morgan fingerprint density at radius 2 is 1.68 bits per heavy atom. The molecule has 9 nitrogen and oxygen atoms in total. The largest absolute Gasteiger partial charge is 0.494 e. The number of ketones is 1. The number of pyridine rings is 1. The summed E-state index contributed by atoms with van der Waals surface area (Å²) in [6, 6.07) is 13.0. The Hall–Kier alpha value is -4.02. The molecule has 5 rings (SSSR count). The molecule has 0 aliphatic carbocycles. The van der Waals surface area contributed by atoms with Gasteiger partial charge in [0.25, 0.3) is 17.6 Å². The lowest BCUT2D eigenvalue weighted by Crippen LogP contribution is -2.52. The molecule has 3 aromatic heterocycles. The van der Waals surface area contributed by atoms with Gasteiger partial charge >= 0.3 is 0 Å². The normalized spacial score (nSPS) is 13.2. The zero-order valence-corrected chi connectivity index (χ0v) is 21.7. The number of aliphatic hydroxyl groups excluding tert-OH is 1. The third kappa shape index (κ3) is 5.11. The van der Waals surface area contributed by atoms with Gasteiger partial charge in [0.05, 0.1) is 34.7 Å². The number of hydrogen-bond acceptors (Lipinski definition) is 7. The third-order valence-electron chi connectivity index (χ3n) is 6.18. The zero-order chi connectivity index (χ0) is 26.5. The fraction of sp³-hybridized carbons (Fsp3) is 0.259. The predicted octanol–water partition coefficient (Wildman–Crippen LogP) is 3.38. The maximum absolute atomic E-state index is 13.3. The highest BCUT2D eigenvalue weighted by molar-refractivity contribution is 7.15. The van der Waals surface area contributed by atoms with Gasteiger partial charge in [-0.05, 0) is 31.2 Å². The Kier molecular flexibility index (Phi) is 8.00. The van der Waals surface area contributed by atoms with Gasteiger partial charge in [-0.1, -0.05) is 18.2 Å². The Labute approximate surface area is 218 Å². The van der Waals surface area contributed by atoms with Crippen molar-refractivity contribution in [3.05, 3.63) is 70.9 Å². The molecule has 1 fully saturated rings. The number of nitrogens with zero attached hydrogens (tertiary/aromatic N) is 3. The zero-order valence-electron chi connectivity index (χ0n) is 20.9. The Bertz CT molecular complexity index is 1420. The number of aromatic nitrogens is 2. The Morgan fingerprint density at radius 3 is 2.30 bits per heavy atom. The van der Waals surface area contributed by atoms with Crippen LogP contribution in [0.4, 0.5) is 0 Å². The number of aromatic amines is 1. The number of H-pyrrole nitrogens is 1. The molecule has 1 aliphatic heterocycles. The first-order valence-electron chi connectivity index (χ1n) is 11.7. The third-order valence-corrected chi connectivity index (χ3v) is 7.19. The van der Waals surface area contributed by atoms with Crippen molar-refractivity contribution in [2.45, 2.75) is 6.92 Å². The molecule has 4 heterocycles. The molecule has 4 aromatic rings. The van der Waals surface area contributed by atoms with E-state index in [0.717, 1.165) is 16.9 Å². The molecule has 1 saturated heterocycles. The van der Waals surface area contributed by atoms with E-state index in [-0.39, 0.29) is 11.5 Å². The molecule has 192 valence electrons. The lowest BCUT2D eigenvalue weighted by molar-refractivity contribution is -0.127. The molecule has 0 unspecified atom stereocenters. The summed E-state index contributed by atoms with van der Waals surface area (Å²) in [6.45, 7) is 3.35. The van der Waals surface area contributed by atoms with Gasteiger partial charge in [-0.3, -0.25) is 14.4 Å². The fourth-order valence-corrected chi connectivity index (χ4v) is 5.21. The number of Topliss-reactive ketones (excluding diaryl/α,β-unsaturated/α-hetero) is 1. The van der Waals surface area contributed by atoms with E-state index in [1.165, 1.54) is 12.0 Å². The first-order chi connectivity index (χ1) is 18.0. The van der Waals surface area contributed by atoms with Gasteiger partial charge in [-0.15, -0.1) is 11.3 Å². The molecule has 1 aromatic carbocycles. The van der Waals surface area contributed by atoms with Gasteiger partial charge in [-0.25, -0.2) is 4.98 Å². The smallest absolute Gasteiger partial charge is 0.295 e. The topological polar surface area (TPSA) is 116 Å². The molecule has 0 atom stereocenters. The summed E-state index contributed by atoms with van der Waals surface area (Å²) >= 11 is 1.60. The molecular weight excluding hydrogens is 492 g/mol. The van der Waals surface area contributed by atoms with Crippen LogP contribution in [0.5, 0.6) is 5.75 Å². The van der Waals surface area contributed by atoms with Crippen LogP contribution < -0.4 is 4.74 Å². The highest BCUT2D eigenvalue weighted by Crippen LogP contribution is 2.37. The molecule has 0 bridgehead atoms. The van der Waals surface area contributed by atoms with Crippen LogP contribution in [-0.4, -0.2) is 82.9 Å². The van der Waals surface area contributed by atoms with Gasteiger partial charge in [0.2, 0.25) is 0 Å². The second-order valence-corrected chi connectivity index (χ2v) is 9.61. The number of thiophene rings is 1. The van der Waals surface area contributed by atoms with Gasteiger partial charge in [0, 0.05) is 49.9 Å². The van der Waals surface area contributed by atoms with Gasteiger partial charge in [0.15, 0.2) is 0 Å². The molecule has 0 radical (unpaired) electrons. The molecule has 10 heteroatoms. The van der Waals surface area contributed by atoms with Crippen molar-refractivity contribution >= 4 is 39.8 Å². The van der Waals surface area contributed by atoms with E-state index in [1.807, 2.05) is 37.3 Å². The van der Waals surface area contributed by atoms with Crippen molar-refractivity contribution in [1.82, 2.24) is 19.8 Å². The minimum atomic E-state index is -0.614. The van der Waals surface area contributed by atoms with Crippen molar-refractivity contribution in [2.75, 3.05) is 40.4 Å². The molecule has 0 spiro atoms. The summed E-state index contributed by atoms with van der Waals surface area (Å²) < 4.78 is 5.48. The second-order valence-electron chi connectivity index (χ2n) is 8.32.